The average molecular weight is 235 g/mol. The van der Waals surface area contributed by atoms with Crippen LogP contribution in [0.15, 0.2) is 24.3 Å². The smallest absolute Gasteiger partial charge is 0.241 e. The fraction of sp³-hybridized carbons (Fsp3) is 0.333. The molecule has 0 aliphatic rings. The molecule has 0 saturated heterocycles. The zero-order valence-corrected chi connectivity index (χ0v) is 10.3. The Morgan fingerprint density at radius 1 is 1.24 bits per heavy atom. The topological polar surface area (TPSA) is 61.4 Å². The molecular weight excluding hydrogens is 218 g/mol. The third-order valence-electron chi connectivity index (χ3n) is 2.13. The van der Waals surface area contributed by atoms with Gasteiger partial charge in [0.05, 0.1) is 6.54 Å². The van der Waals surface area contributed by atoms with Gasteiger partial charge in [0.2, 0.25) is 11.8 Å². The number of benzene rings is 1. The molecule has 1 aromatic rings. The van der Waals surface area contributed by atoms with Gasteiger partial charge in [-0.3, -0.25) is 9.59 Å². The van der Waals surface area contributed by atoms with Crippen LogP contribution in [0, 0.1) is 0 Å². The van der Waals surface area contributed by atoms with Gasteiger partial charge in [0.1, 0.15) is 0 Å². The van der Waals surface area contributed by atoms with Crippen molar-refractivity contribution in [2.45, 2.75) is 6.92 Å². The quantitative estimate of drug-likeness (QED) is 0.822. The van der Waals surface area contributed by atoms with E-state index in [0.29, 0.717) is 5.69 Å². The SMILES string of the molecule is CC(=O)Nc1cccc(NCC(=O)N(C)C)c1. The zero-order chi connectivity index (χ0) is 12.8. The monoisotopic (exact) mass is 235 g/mol. The van der Waals surface area contributed by atoms with E-state index in [1.165, 1.54) is 11.8 Å². The van der Waals surface area contributed by atoms with Gasteiger partial charge in [-0.15, -0.1) is 0 Å². The van der Waals surface area contributed by atoms with Crippen molar-refractivity contribution in [3.05, 3.63) is 24.3 Å². The second kappa shape index (κ2) is 5.89. The number of hydrogen-bond donors (Lipinski definition) is 2. The van der Waals surface area contributed by atoms with E-state index in [-0.39, 0.29) is 18.4 Å². The summed E-state index contributed by atoms with van der Waals surface area (Å²) < 4.78 is 0. The van der Waals surface area contributed by atoms with Crippen LogP contribution in [0.4, 0.5) is 11.4 Å². The molecule has 92 valence electrons. The van der Waals surface area contributed by atoms with E-state index in [0.717, 1.165) is 5.69 Å². The minimum absolute atomic E-state index is 0.00469. The maximum atomic E-state index is 11.4. The van der Waals surface area contributed by atoms with Gasteiger partial charge in [-0.05, 0) is 18.2 Å². The second-order valence-electron chi connectivity index (χ2n) is 3.90. The molecule has 0 spiro atoms. The average Bonchev–Trinajstić information content (AvgIpc) is 2.25. The van der Waals surface area contributed by atoms with Crippen LogP contribution in [0.3, 0.4) is 0 Å². The van der Waals surface area contributed by atoms with Crippen molar-refractivity contribution < 1.29 is 9.59 Å². The first kappa shape index (κ1) is 13.0. The van der Waals surface area contributed by atoms with E-state index < -0.39 is 0 Å². The first-order chi connectivity index (χ1) is 7.99. The van der Waals surface area contributed by atoms with Gasteiger partial charge in [-0.2, -0.15) is 0 Å². The van der Waals surface area contributed by atoms with Crippen LogP contribution in [0.2, 0.25) is 0 Å². The van der Waals surface area contributed by atoms with Crippen molar-refractivity contribution in [3.8, 4) is 0 Å². The van der Waals surface area contributed by atoms with Gasteiger partial charge >= 0.3 is 0 Å². The van der Waals surface area contributed by atoms with Crippen molar-refractivity contribution >= 4 is 23.2 Å². The highest BCUT2D eigenvalue weighted by Gasteiger charge is 2.03. The van der Waals surface area contributed by atoms with Crippen LogP contribution in [-0.4, -0.2) is 37.4 Å². The highest BCUT2D eigenvalue weighted by molar-refractivity contribution is 5.89. The molecule has 0 fully saturated rings. The van der Waals surface area contributed by atoms with Crippen LogP contribution < -0.4 is 10.6 Å². The molecule has 0 atom stereocenters. The van der Waals surface area contributed by atoms with E-state index in [4.69, 9.17) is 0 Å². The van der Waals surface area contributed by atoms with Crippen LogP contribution in [0.25, 0.3) is 0 Å². The van der Waals surface area contributed by atoms with Crippen LogP contribution in [0.5, 0.6) is 0 Å². The first-order valence-electron chi connectivity index (χ1n) is 5.30. The second-order valence-corrected chi connectivity index (χ2v) is 3.90. The fourth-order valence-electron chi connectivity index (χ4n) is 1.25. The van der Waals surface area contributed by atoms with Gasteiger partial charge in [0, 0.05) is 32.4 Å². The maximum Gasteiger partial charge on any atom is 0.241 e. The van der Waals surface area contributed by atoms with Crippen molar-refractivity contribution in [2.75, 3.05) is 31.3 Å². The Labute approximate surface area is 101 Å². The minimum atomic E-state index is -0.119. The number of nitrogens with zero attached hydrogens (tertiary/aromatic N) is 1. The molecule has 2 amide bonds. The predicted molar refractivity (Wildman–Crippen MR) is 67.9 cm³/mol. The summed E-state index contributed by atoms with van der Waals surface area (Å²) in [6.07, 6.45) is 0. The van der Waals surface area contributed by atoms with Crippen LogP contribution >= 0.6 is 0 Å². The van der Waals surface area contributed by atoms with E-state index >= 15 is 0 Å². The zero-order valence-electron chi connectivity index (χ0n) is 10.3. The van der Waals surface area contributed by atoms with Crippen molar-refractivity contribution in [2.24, 2.45) is 0 Å². The van der Waals surface area contributed by atoms with Gasteiger partial charge in [0.15, 0.2) is 0 Å². The molecule has 0 saturated carbocycles. The normalized spacial score (nSPS) is 9.59. The molecule has 5 nitrogen and oxygen atoms in total. The number of carbonyl (C=O) groups excluding carboxylic acids is 2. The number of nitrogens with one attached hydrogen (secondary N) is 2. The van der Waals surface area contributed by atoms with Gasteiger partial charge in [-0.25, -0.2) is 0 Å². The highest BCUT2D eigenvalue weighted by atomic mass is 16.2. The van der Waals surface area contributed by atoms with Crippen molar-refractivity contribution in [3.63, 3.8) is 0 Å². The summed E-state index contributed by atoms with van der Waals surface area (Å²) in [7, 11) is 3.41. The number of likely N-dealkylation sites (N-methyl/N-ethyl adjacent to an activating group) is 1. The highest BCUT2D eigenvalue weighted by Crippen LogP contribution is 2.14. The van der Waals surface area contributed by atoms with Gasteiger partial charge in [-0.1, -0.05) is 6.07 Å². The van der Waals surface area contributed by atoms with Gasteiger partial charge < -0.3 is 15.5 Å². The molecule has 1 rings (SSSR count). The van der Waals surface area contributed by atoms with Crippen molar-refractivity contribution in [1.29, 1.82) is 0 Å². The molecule has 0 unspecified atom stereocenters. The first-order valence-corrected chi connectivity index (χ1v) is 5.30. The molecular formula is C12H17N3O2. The Kier molecular flexibility index (Phi) is 4.51. The van der Waals surface area contributed by atoms with Gasteiger partial charge in [0.25, 0.3) is 0 Å². The van der Waals surface area contributed by atoms with Crippen molar-refractivity contribution in [1.82, 2.24) is 4.90 Å². The lowest BCUT2D eigenvalue weighted by Gasteiger charge is -2.12. The Hall–Kier alpha value is -2.04. The third-order valence-corrected chi connectivity index (χ3v) is 2.13. The van der Waals surface area contributed by atoms with E-state index in [1.54, 1.807) is 26.2 Å². The molecule has 0 aliphatic heterocycles. The maximum absolute atomic E-state index is 11.4. The standard InChI is InChI=1S/C12H17N3O2/c1-9(16)14-11-6-4-5-10(7-11)13-8-12(17)15(2)3/h4-7,13H,8H2,1-3H3,(H,14,16). The summed E-state index contributed by atoms with van der Waals surface area (Å²) in [5.74, 6) is -0.124. The Morgan fingerprint density at radius 2 is 1.88 bits per heavy atom. The van der Waals surface area contributed by atoms with E-state index in [2.05, 4.69) is 10.6 Å². The lowest BCUT2D eigenvalue weighted by molar-refractivity contribution is -0.126. The lowest BCUT2D eigenvalue weighted by atomic mass is 10.2. The minimum Gasteiger partial charge on any atom is -0.376 e. The number of hydrogen-bond acceptors (Lipinski definition) is 3. The molecule has 0 heterocycles. The molecule has 5 heteroatoms. The summed E-state index contributed by atoms with van der Waals surface area (Å²) in [5.41, 5.74) is 1.51. The van der Waals surface area contributed by atoms with Crippen LogP contribution in [-0.2, 0) is 9.59 Å². The number of anilines is 2. The summed E-state index contributed by atoms with van der Waals surface area (Å²) in [4.78, 5) is 23.8. The largest absolute Gasteiger partial charge is 0.376 e. The number of carbonyl (C=O) groups is 2. The van der Waals surface area contributed by atoms with E-state index in [9.17, 15) is 9.59 Å². The van der Waals surface area contributed by atoms with Crippen LogP contribution in [0.1, 0.15) is 6.92 Å². The molecule has 0 radical (unpaired) electrons. The number of rotatable bonds is 4. The molecule has 0 aromatic heterocycles. The van der Waals surface area contributed by atoms with E-state index in [1.807, 2.05) is 12.1 Å². The molecule has 0 bridgehead atoms. The molecule has 2 N–H and O–H groups in total. The number of amides is 2. The summed E-state index contributed by atoms with van der Waals surface area (Å²) in [6.45, 7) is 1.69. The predicted octanol–water partition coefficient (Wildman–Crippen LogP) is 1.15. The summed E-state index contributed by atoms with van der Waals surface area (Å²) in [6, 6.07) is 7.23. The molecule has 0 aliphatic carbocycles. The Bertz CT molecular complexity index is 416. The fourth-order valence-corrected chi connectivity index (χ4v) is 1.25. The Morgan fingerprint density at radius 3 is 2.47 bits per heavy atom. The summed E-state index contributed by atoms with van der Waals surface area (Å²) in [5, 5.41) is 5.68. The summed E-state index contributed by atoms with van der Waals surface area (Å²) >= 11 is 0. The molecule has 1 aromatic carbocycles. The third kappa shape index (κ3) is 4.55. The molecule has 17 heavy (non-hydrogen) atoms. The lowest BCUT2D eigenvalue weighted by Crippen LogP contribution is -2.28. The Balaban J connectivity index is 2.60.